The Labute approximate surface area is 302 Å². The van der Waals surface area contributed by atoms with Gasteiger partial charge in [0.15, 0.2) is 0 Å². The summed E-state index contributed by atoms with van der Waals surface area (Å²) in [5, 5.41) is 0. The Morgan fingerprint density at radius 3 is 1.28 bits per heavy atom. The van der Waals surface area contributed by atoms with Gasteiger partial charge in [-0.1, -0.05) is 0 Å². The van der Waals surface area contributed by atoms with Gasteiger partial charge in [0.1, 0.15) is 0 Å². The summed E-state index contributed by atoms with van der Waals surface area (Å²) < 4.78 is 0. The summed E-state index contributed by atoms with van der Waals surface area (Å²) in [6.45, 7) is 17.6. The van der Waals surface area contributed by atoms with Gasteiger partial charge in [-0.3, -0.25) is 9.97 Å². The fourth-order valence-corrected chi connectivity index (χ4v) is 6.49. The lowest BCUT2D eigenvalue weighted by molar-refractivity contribution is 0.222. The van der Waals surface area contributed by atoms with E-state index in [2.05, 4.69) is 119 Å². The van der Waals surface area contributed by atoms with Crippen LogP contribution < -0.4 is 9.80 Å². The third-order valence-corrected chi connectivity index (χ3v) is 10.1. The molecule has 0 aliphatic carbocycles. The van der Waals surface area contributed by atoms with Gasteiger partial charge >= 0.3 is 0 Å². The first-order chi connectivity index (χ1) is 21.1. The molecule has 0 spiro atoms. The maximum Gasteiger partial charge on any atom is 0.0703 e. The summed E-state index contributed by atoms with van der Waals surface area (Å²) >= 11 is 0. The third-order valence-electron chi connectivity index (χ3n) is 10.1. The van der Waals surface area contributed by atoms with Gasteiger partial charge in [-0.2, -0.15) is 0 Å². The van der Waals surface area contributed by atoms with Crippen LogP contribution in [0.25, 0.3) is 22.5 Å². The molecule has 0 radical (unpaired) electrons. The number of hydrogen-bond donors (Lipinski definition) is 0. The number of likely N-dealkylation sites (tertiary alicyclic amines) is 1. The monoisotopic (exact) mass is 697 g/mol. The molecule has 2 aromatic carbocycles. The van der Waals surface area contributed by atoms with Crippen molar-refractivity contribution in [3.8, 4) is 22.5 Å². The van der Waals surface area contributed by atoms with Crippen molar-refractivity contribution in [1.29, 1.82) is 0 Å². The van der Waals surface area contributed by atoms with Crippen molar-refractivity contribution < 1.29 is 0 Å². The maximum absolute atomic E-state index is 4.85. The number of pyridine rings is 2. The van der Waals surface area contributed by atoms with E-state index >= 15 is 0 Å². The fraction of sp³-hybridized carbons (Fsp3) is 0.436. The molecule has 0 bridgehead atoms. The molecule has 5 rings (SSSR count). The number of halogens is 3. The van der Waals surface area contributed by atoms with Gasteiger partial charge in [0, 0.05) is 44.4 Å². The second-order valence-electron chi connectivity index (χ2n) is 13.1. The lowest BCUT2D eigenvalue weighted by Gasteiger charge is -2.31. The average Bonchev–Trinajstić information content (AvgIpc) is 3.57. The Hall–Kier alpha value is -2.83. The Morgan fingerprint density at radius 2 is 0.957 bits per heavy atom. The molecule has 8 heteroatoms. The number of rotatable bonds is 11. The Bertz CT molecular complexity index is 1410. The lowest BCUT2D eigenvalue weighted by Crippen LogP contribution is -2.38. The second kappa shape index (κ2) is 18.1. The SMILES string of the molecule is Cc1cc(-c2ccc(N(C)CCC(CCN(C)c3ccc(-c4cc(C)c(C)c(C)c4)nc3)N3CCCC3)cn2)cc(C)c1C.Cl.Cl.Cl. The van der Waals surface area contributed by atoms with E-state index in [1.165, 1.54) is 81.8 Å². The number of aromatic nitrogens is 2. The van der Waals surface area contributed by atoms with E-state index in [0.29, 0.717) is 6.04 Å². The van der Waals surface area contributed by atoms with Crippen LogP contribution in [0, 0.1) is 41.5 Å². The zero-order valence-corrected chi connectivity index (χ0v) is 31.9. The summed E-state index contributed by atoms with van der Waals surface area (Å²) in [5.41, 5.74) is 14.8. The van der Waals surface area contributed by atoms with E-state index in [0.717, 1.165) is 37.3 Å². The highest BCUT2D eigenvalue weighted by Gasteiger charge is 2.23. The molecule has 256 valence electrons. The molecule has 5 nitrogen and oxygen atoms in total. The molecule has 0 saturated carbocycles. The molecular weight excluding hydrogens is 645 g/mol. The zero-order chi connectivity index (χ0) is 31.4. The molecule has 0 amide bonds. The summed E-state index contributed by atoms with van der Waals surface area (Å²) in [4.78, 5) is 17.2. The van der Waals surface area contributed by atoms with Crippen LogP contribution in [-0.2, 0) is 0 Å². The van der Waals surface area contributed by atoms with Crippen molar-refractivity contribution in [2.45, 2.75) is 73.3 Å². The molecule has 0 atom stereocenters. The molecule has 4 aromatic rings. The Morgan fingerprint density at radius 1 is 0.596 bits per heavy atom. The van der Waals surface area contributed by atoms with Crippen LogP contribution in [-0.4, -0.2) is 61.2 Å². The van der Waals surface area contributed by atoms with Crippen molar-refractivity contribution in [2.24, 2.45) is 0 Å². The van der Waals surface area contributed by atoms with E-state index in [1.807, 2.05) is 12.4 Å². The van der Waals surface area contributed by atoms with Gasteiger partial charge in [0.25, 0.3) is 0 Å². The normalized spacial score (nSPS) is 12.7. The first-order valence-corrected chi connectivity index (χ1v) is 16.4. The molecule has 1 aliphatic heterocycles. The van der Waals surface area contributed by atoms with Gasteiger partial charge in [0.2, 0.25) is 0 Å². The van der Waals surface area contributed by atoms with Gasteiger partial charge in [-0.25, -0.2) is 0 Å². The van der Waals surface area contributed by atoms with Crippen LogP contribution in [0.2, 0.25) is 0 Å². The van der Waals surface area contributed by atoms with E-state index in [1.54, 1.807) is 0 Å². The summed E-state index contributed by atoms with van der Waals surface area (Å²) in [6, 6.07) is 18.4. The maximum atomic E-state index is 4.85. The Kier molecular flexibility index (Phi) is 15.5. The smallest absolute Gasteiger partial charge is 0.0703 e. The predicted octanol–water partition coefficient (Wildman–Crippen LogP) is 9.74. The first kappa shape index (κ1) is 40.3. The molecule has 2 aromatic heterocycles. The fourth-order valence-electron chi connectivity index (χ4n) is 6.49. The van der Waals surface area contributed by atoms with Gasteiger partial charge in [-0.05, 0) is 162 Å². The Balaban J connectivity index is 0.00000256. The van der Waals surface area contributed by atoms with Crippen molar-refractivity contribution in [3.63, 3.8) is 0 Å². The third kappa shape index (κ3) is 9.85. The zero-order valence-electron chi connectivity index (χ0n) is 29.5. The van der Waals surface area contributed by atoms with Crippen LogP contribution in [0.4, 0.5) is 11.4 Å². The molecule has 1 saturated heterocycles. The highest BCUT2D eigenvalue weighted by Crippen LogP contribution is 2.27. The van der Waals surface area contributed by atoms with Gasteiger partial charge in [-0.15, -0.1) is 37.2 Å². The molecule has 0 N–H and O–H groups in total. The van der Waals surface area contributed by atoms with Crippen LogP contribution in [0.15, 0.2) is 60.9 Å². The molecule has 1 aliphatic rings. The van der Waals surface area contributed by atoms with E-state index < -0.39 is 0 Å². The van der Waals surface area contributed by atoms with Crippen LogP contribution >= 0.6 is 37.2 Å². The van der Waals surface area contributed by atoms with Crippen LogP contribution in [0.3, 0.4) is 0 Å². The minimum Gasteiger partial charge on any atom is -0.373 e. The van der Waals surface area contributed by atoms with Gasteiger partial charge in [0.05, 0.1) is 35.2 Å². The molecule has 0 unspecified atom stereocenters. The predicted molar refractivity (Wildman–Crippen MR) is 210 cm³/mol. The molecule has 47 heavy (non-hydrogen) atoms. The minimum absolute atomic E-state index is 0. The summed E-state index contributed by atoms with van der Waals surface area (Å²) in [7, 11) is 4.41. The second-order valence-corrected chi connectivity index (χ2v) is 13.1. The van der Waals surface area contributed by atoms with E-state index in [9.17, 15) is 0 Å². The lowest BCUT2D eigenvalue weighted by atomic mass is 9.99. The highest BCUT2D eigenvalue weighted by atomic mass is 35.5. The standard InChI is InChI=1S/C39H51N5.3ClH/c1-27-21-33(22-28(2)31(27)5)38-13-11-36(25-40-38)42(7)19-15-35(44-17-9-10-18-44)16-20-43(8)37-12-14-39(41-26-37)34-23-29(3)32(6)30(4)24-34;;;/h11-14,21-26,35H,9-10,15-20H2,1-8H3;3*1H. The summed E-state index contributed by atoms with van der Waals surface area (Å²) in [5.74, 6) is 0. The number of aryl methyl sites for hydroxylation is 4. The van der Waals surface area contributed by atoms with Crippen molar-refractivity contribution in [3.05, 3.63) is 94.3 Å². The minimum atomic E-state index is 0. The number of anilines is 2. The van der Waals surface area contributed by atoms with Crippen LogP contribution in [0.1, 0.15) is 59.1 Å². The van der Waals surface area contributed by atoms with E-state index in [4.69, 9.17) is 9.97 Å². The quantitative estimate of drug-likeness (QED) is 0.156. The van der Waals surface area contributed by atoms with Crippen molar-refractivity contribution in [2.75, 3.05) is 50.1 Å². The topological polar surface area (TPSA) is 35.5 Å². The number of benzene rings is 2. The van der Waals surface area contributed by atoms with E-state index in [-0.39, 0.29) is 37.2 Å². The van der Waals surface area contributed by atoms with Crippen molar-refractivity contribution >= 4 is 48.6 Å². The van der Waals surface area contributed by atoms with Gasteiger partial charge < -0.3 is 14.7 Å². The summed E-state index contributed by atoms with van der Waals surface area (Å²) in [6.07, 6.45) is 8.99. The number of nitrogens with zero attached hydrogens (tertiary/aromatic N) is 5. The average molecular weight is 699 g/mol. The first-order valence-electron chi connectivity index (χ1n) is 16.4. The molecular formula is C39H54Cl3N5. The molecule has 1 fully saturated rings. The highest BCUT2D eigenvalue weighted by molar-refractivity contribution is 5.86. The van der Waals surface area contributed by atoms with Crippen LogP contribution in [0.5, 0.6) is 0 Å². The largest absolute Gasteiger partial charge is 0.373 e. The van der Waals surface area contributed by atoms with Crippen molar-refractivity contribution in [1.82, 2.24) is 14.9 Å². The number of hydrogen-bond acceptors (Lipinski definition) is 5. The molecule has 3 heterocycles.